The van der Waals surface area contributed by atoms with Crippen LogP contribution in [-0.2, 0) is 0 Å². The van der Waals surface area contributed by atoms with Crippen molar-refractivity contribution in [3.63, 3.8) is 0 Å². The fourth-order valence-electron chi connectivity index (χ4n) is 2.62. The van der Waals surface area contributed by atoms with Crippen molar-refractivity contribution in [2.75, 3.05) is 11.9 Å². The minimum atomic E-state index is -0.976. The first-order valence-electron chi connectivity index (χ1n) is 6.94. The molecule has 0 spiro atoms. The Morgan fingerprint density at radius 3 is 2.50 bits per heavy atom. The summed E-state index contributed by atoms with van der Waals surface area (Å²) >= 11 is 0. The third-order valence-corrected chi connectivity index (χ3v) is 3.95. The minimum Gasteiger partial charge on any atom is -0.478 e. The smallest absolute Gasteiger partial charge is 0.335 e. The van der Waals surface area contributed by atoms with Crippen LogP contribution in [0.4, 0.5) is 10.5 Å². The first-order chi connectivity index (χ1) is 9.56. The SMILES string of the molecule is CC1CCCC1CNC(=O)Nc1ccc(C(=O)O)cc1. The van der Waals surface area contributed by atoms with Gasteiger partial charge in [0.2, 0.25) is 0 Å². The summed E-state index contributed by atoms with van der Waals surface area (Å²) < 4.78 is 0. The minimum absolute atomic E-state index is 0.204. The highest BCUT2D eigenvalue weighted by Crippen LogP contribution is 2.30. The van der Waals surface area contributed by atoms with Gasteiger partial charge in [-0.1, -0.05) is 19.8 Å². The number of carboxylic acids is 1. The van der Waals surface area contributed by atoms with Crippen molar-refractivity contribution in [3.05, 3.63) is 29.8 Å². The first kappa shape index (κ1) is 14.4. The number of aromatic carboxylic acids is 1. The van der Waals surface area contributed by atoms with Gasteiger partial charge in [0.25, 0.3) is 0 Å². The van der Waals surface area contributed by atoms with E-state index in [0.717, 1.165) is 0 Å². The van der Waals surface area contributed by atoms with Gasteiger partial charge >= 0.3 is 12.0 Å². The van der Waals surface area contributed by atoms with Gasteiger partial charge in [0.1, 0.15) is 0 Å². The van der Waals surface area contributed by atoms with E-state index in [4.69, 9.17) is 5.11 Å². The van der Waals surface area contributed by atoms with Gasteiger partial charge in [-0.15, -0.1) is 0 Å². The number of carbonyl (C=O) groups excluding carboxylic acids is 1. The lowest BCUT2D eigenvalue weighted by molar-refractivity contribution is 0.0697. The van der Waals surface area contributed by atoms with Crippen molar-refractivity contribution >= 4 is 17.7 Å². The summed E-state index contributed by atoms with van der Waals surface area (Å²) in [6.07, 6.45) is 3.66. The average Bonchev–Trinajstić information content (AvgIpc) is 2.82. The second kappa shape index (κ2) is 6.41. The van der Waals surface area contributed by atoms with E-state index >= 15 is 0 Å². The topological polar surface area (TPSA) is 78.4 Å². The van der Waals surface area contributed by atoms with Gasteiger partial charge < -0.3 is 15.7 Å². The Hall–Kier alpha value is -2.04. The van der Waals surface area contributed by atoms with Gasteiger partial charge in [-0.25, -0.2) is 9.59 Å². The molecule has 0 heterocycles. The molecule has 1 aliphatic carbocycles. The van der Waals surface area contributed by atoms with E-state index in [2.05, 4.69) is 17.6 Å². The van der Waals surface area contributed by atoms with Gasteiger partial charge in [-0.3, -0.25) is 0 Å². The molecule has 5 nitrogen and oxygen atoms in total. The number of hydrogen-bond donors (Lipinski definition) is 3. The number of carboxylic acid groups (broad SMARTS) is 1. The van der Waals surface area contributed by atoms with E-state index in [1.807, 2.05) is 0 Å². The molecule has 2 rings (SSSR count). The van der Waals surface area contributed by atoms with Gasteiger partial charge in [0.15, 0.2) is 0 Å². The highest BCUT2D eigenvalue weighted by molar-refractivity contribution is 5.91. The highest BCUT2D eigenvalue weighted by Gasteiger charge is 2.23. The molecule has 2 atom stereocenters. The molecule has 1 aromatic carbocycles. The number of hydrogen-bond acceptors (Lipinski definition) is 2. The van der Waals surface area contributed by atoms with Crippen molar-refractivity contribution in [3.8, 4) is 0 Å². The molecule has 20 heavy (non-hydrogen) atoms. The Morgan fingerprint density at radius 2 is 1.95 bits per heavy atom. The number of anilines is 1. The molecular weight excluding hydrogens is 256 g/mol. The maximum absolute atomic E-state index is 11.8. The fourth-order valence-corrected chi connectivity index (χ4v) is 2.62. The van der Waals surface area contributed by atoms with Crippen LogP contribution in [-0.4, -0.2) is 23.7 Å². The lowest BCUT2D eigenvalue weighted by atomic mass is 9.98. The van der Waals surface area contributed by atoms with Crippen LogP contribution in [0.5, 0.6) is 0 Å². The predicted octanol–water partition coefficient (Wildman–Crippen LogP) is 2.94. The molecule has 2 unspecified atom stereocenters. The summed E-state index contributed by atoms with van der Waals surface area (Å²) in [7, 11) is 0. The average molecular weight is 276 g/mol. The second-order valence-corrected chi connectivity index (χ2v) is 5.39. The third kappa shape index (κ3) is 3.73. The lowest BCUT2D eigenvalue weighted by Gasteiger charge is -2.16. The zero-order valence-electron chi connectivity index (χ0n) is 11.6. The summed E-state index contributed by atoms with van der Waals surface area (Å²) in [5.74, 6) is 0.261. The molecule has 0 saturated heterocycles. The van der Waals surface area contributed by atoms with Gasteiger partial charge in [-0.2, -0.15) is 0 Å². The molecule has 3 N–H and O–H groups in total. The summed E-state index contributed by atoms with van der Waals surface area (Å²) in [4.78, 5) is 22.5. The largest absolute Gasteiger partial charge is 0.478 e. The normalized spacial score (nSPS) is 21.4. The summed E-state index contributed by atoms with van der Waals surface area (Å²) in [6.45, 7) is 2.92. The Balaban J connectivity index is 1.80. The number of amides is 2. The van der Waals surface area contributed by atoms with Crippen molar-refractivity contribution < 1.29 is 14.7 Å². The summed E-state index contributed by atoms with van der Waals surface area (Å²) in [6, 6.07) is 5.86. The molecule has 1 saturated carbocycles. The molecular formula is C15H20N2O3. The van der Waals surface area contributed by atoms with Crippen LogP contribution in [0.25, 0.3) is 0 Å². The first-order valence-corrected chi connectivity index (χ1v) is 6.94. The molecule has 0 radical (unpaired) electrons. The highest BCUT2D eigenvalue weighted by atomic mass is 16.4. The fraction of sp³-hybridized carbons (Fsp3) is 0.467. The van der Waals surface area contributed by atoms with Crippen LogP contribution in [0, 0.1) is 11.8 Å². The molecule has 0 bridgehead atoms. The maximum atomic E-state index is 11.8. The number of carbonyl (C=O) groups is 2. The predicted molar refractivity (Wildman–Crippen MR) is 76.9 cm³/mol. The zero-order chi connectivity index (χ0) is 14.5. The molecule has 108 valence electrons. The van der Waals surface area contributed by atoms with Gasteiger partial charge in [0.05, 0.1) is 5.56 Å². The summed E-state index contributed by atoms with van der Waals surface area (Å²) in [5, 5.41) is 14.4. The number of benzene rings is 1. The Morgan fingerprint density at radius 1 is 1.25 bits per heavy atom. The zero-order valence-corrected chi connectivity index (χ0v) is 11.6. The van der Waals surface area contributed by atoms with Crippen LogP contribution in [0.3, 0.4) is 0 Å². The van der Waals surface area contributed by atoms with E-state index < -0.39 is 5.97 Å². The maximum Gasteiger partial charge on any atom is 0.335 e. The quantitative estimate of drug-likeness (QED) is 0.791. The summed E-state index contributed by atoms with van der Waals surface area (Å²) in [5.41, 5.74) is 0.794. The molecule has 1 aliphatic rings. The van der Waals surface area contributed by atoms with Crippen LogP contribution >= 0.6 is 0 Å². The van der Waals surface area contributed by atoms with Crippen molar-refractivity contribution in [2.24, 2.45) is 11.8 Å². The van der Waals surface area contributed by atoms with Gasteiger partial charge in [-0.05, 0) is 42.5 Å². The van der Waals surface area contributed by atoms with E-state index in [1.165, 1.54) is 31.4 Å². The monoisotopic (exact) mass is 276 g/mol. The molecule has 0 aliphatic heterocycles. The standard InChI is InChI=1S/C15H20N2O3/c1-10-3-2-4-12(10)9-16-15(20)17-13-7-5-11(6-8-13)14(18)19/h5-8,10,12H,2-4,9H2,1H3,(H,18,19)(H2,16,17,20). The molecule has 1 fully saturated rings. The van der Waals surface area contributed by atoms with E-state index in [-0.39, 0.29) is 11.6 Å². The van der Waals surface area contributed by atoms with E-state index in [1.54, 1.807) is 12.1 Å². The molecule has 2 amide bonds. The van der Waals surface area contributed by atoms with Crippen LogP contribution < -0.4 is 10.6 Å². The lowest BCUT2D eigenvalue weighted by Crippen LogP contribution is -2.33. The van der Waals surface area contributed by atoms with Crippen molar-refractivity contribution in [2.45, 2.75) is 26.2 Å². The second-order valence-electron chi connectivity index (χ2n) is 5.39. The molecule has 5 heteroatoms. The van der Waals surface area contributed by atoms with Crippen LogP contribution in [0.2, 0.25) is 0 Å². The number of urea groups is 1. The Kier molecular flexibility index (Phi) is 4.61. The van der Waals surface area contributed by atoms with Crippen molar-refractivity contribution in [1.82, 2.24) is 5.32 Å². The van der Waals surface area contributed by atoms with Crippen LogP contribution in [0.1, 0.15) is 36.5 Å². The van der Waals surface area contributed by atoms with E-state index in [0.29, 0.717) is 24.1 Å². The Labute approximate surface area is 118 Å². The Bertz CT molecular complexity index is 484. The molecule has 0 aromatic heterocycles. The molecule has 1 aromatic rings. The van der Waals surface area contributed by atoms with E-state index in [9.17, 15) is 9.59 Å². The number of nitrogens with one attached hydrogen (secondary N) is 2. The van der Waals surface area contributed by atoms with Crippen molar-refractivity contribution in [1.29, 1.82) is 0 Å². The third-order valence-electron chi connectivity index (χ3n) is 3.95. The number of rotatable bonds is 4. The van der Waals surface area contributed by atoms with Gasteiger partial charge in [0, 0.05) is 12.2 Å². The van der Waals surface area contributed by atoms with Crippen LogP contribution in [0.15, 0.2) is 24.3 Å².